The third-order valence-corrected chi connectivity index (χ3v) is 3.38. The van der Waals surface area contributed by atoms with E-state index in [0.717, 1.165) is 11.1 Å². The summed E-state index contributed by atoms with van der Waals surface area (Å²) >= 11 is 5.11. The minimum atomic E-state index is 0.0347. The lowest BCUT2D eigenvalue weighted by atomic mass is 9.80. The Morgan fingerprint density at radius 1 is 1.00 bits per heavy atom. The second-order valence-electron chi connectivity index (χ2n) is 6.92. The molecule has 2 aromatic rings. The first-order valence-corrected chi connectivity index (χ1v) is 6.68. The number of H-pyrrole nitrogens is 1. The highest BCUT2D eigenvalue weighted by molar-refractivity contribution is 7.71. The van der Waals surface area contributed by atoms with Crippen LogP contribution in [-0.2, 0) is 10.8 Å². The molecule has 0 aliphatic heterocycles. The van der Waals surface area contributed by atoms with E-state index in [9.17, 15) is 0 Å². The maximum absolute atomic E-state index is 5.65. The summed E-state index contributed by atoms with van der Waals surface area (Å²) in [6, 6.07) is 4.39. The van der Waals surface area contributed by atoms with E-state index in [2.05, 4.69) is 58.7 Å². The first kappa shape index (κ1) is 13.3. The van der Waals surface area contributed by atoms with E-state index in [1.807, 2.05) is 0 Å². The highest BCUT2D eigenvalue weighted by Gasteiger charge is 2.24. The molecule has 98 valence electrons. The molecule has 0 aliphatic rings. The smallest absolute Gasteiger partial charge is 0.266 e. The average molecular weight is 263 g/mol. The number of benzene rings is 1. The van der Waals surface area contributed by atoms with Crippen molar-refractivity contribution in [3.63, 3.8) is 0 Å². The van der Waals surface area contributed by atoms with Gasteiger partial charge in [-0.25, -0.2) is 0 Å². The summed E-state index contributed by atoms with van der Waals surface area (Å²) in [5.74, 6) is 0. The summed E-state index contributed by atoms with van der Waals surface area (Å²) in [7, 11) is 0. The van der Waals surface area contributed by atoms with Crippen LogP contribution in [0.2, 0.25) is 0 Å². The summed E-state index contributed by atoms with van der Waals surface area (Å²) in [6.45, 7) is 13.2. The van der Waals surface area contributed by atoms with Crippen LogP contribution in [0, 0.1) is 4.84 Å². The lowest BCUT2D eigenvalue weighted by Crippen LogP contribution is -2.16. The van der Waals surface area contributed by atoms with Gasteiger partial charge in [-0.05, 0) is 34.7 Å². The molecule has 0 spiro atoms. The Kier molecular flexibility index (Phi) is 2.93. The number of nitrogens with one attached hydrogen (secondary N) is 1. The van der Waals surface area contributed by atoms with Crippen LogP contribution in [0.15, 0.2) is 16.5 Å². The molecule has 2 rings (SSSR count). The maximum atomic E-state index is 5.65. The van der Waals surface area contributed by atoms with Gasteiger partial charge in [0.05, 0.1) is 5.52 Å². The molecule has 1 N–H and O–H groups in total. The molecule has 1 aromatic carbocycles. The molecule has 0 radical (unpaired) electrons. The van der Waals surface area contributed by atoms with Gasteiger partial charge in [0.25, 0.3) is 4.84 Å². The normalized spacial score (nSPS) is 13.2. The van der Waals surface area contributed by atoms with Crippen LogP contribution < -0.4 is 0 Å². The summed E-state index contributed by atoms with van der Waals surface area (Å²) in [5.41, 5.74) is 4.54. The molecule has 0 saturated heterocycles. The summed E-state index contributed by atoms with van der Waals surface area (Å²) in [5, 5.41) is 0. The molecular weight excluding hydrogens is 242 g/mol. The Bertz CT molecular complexity index is 635. The van der Waals surface area contributed by atoms with Gasteiger partial charge in [0.15, 0.2) is 5.58 Å². The minimum Gasteiger partial charge on any atom is -0.429 e. The molecule has 0 bridgehead atoms. The van der Waals surface area contributed by atoms with Crippen LogP contribution in [0.1, 0.15) is 52.7 Å². The Hall–Kier alpha value is -1.09. The molecule has 0 unspecified atom stereocenters. The molecule has 0 aliphatic carbocycles. The van der Waals surface area contributed by atoms with Gasteiger partial charge in [-0.1, -0.05) is 47.6 Å². The molecule has 0 fully saturated rings. The van der Waals surface area contributed by atoms with Crippen LogP contribution in [0.4, 0.5) is 0 Å². The van der Waals surface area contributed by atoms with Crippen molar-refractivity contribution in [2.75, 3.05) is 0 Å². The fraction of sp³-hybridized carbons (Fsp3) is 0.533. The van der Waals surface area contributed by atoms with E-state index < -0.39 is 0 Å². The van der Waals surface area contributed by atoms with Crippen molar-refractivity contribution in [2.24, 2.45) is 0 Å². The minimum absolute atomic E-state index is 0.0347. The zero-order valence-corrected chi connectivity index (χ0v) is 12.8. The van der Waals surface area contributed by atoms with Crippen LogP contribution in [0.5, 0.6) is 0 Å². The van der Waals surface area contributed by atoms with Crippen molar-refractivity contribution >= 4 is 23.3 Å². The molecule has 3 heteroatoms. The van der Waals surface area contributed by atoms with Crippen molar-refractivity contribution in [3.8, 4) is 0 Å². The lowest BCUT2D eigenvalue weighted by molar-refractivity contribution is 0.540. The number of rotatable bonds is 0. The quantitative estimate of drug-likeness (QED) is 0.671. The number of aromatic amines is 1. The molecule has 2 nitrogen and oxygen atoms in total. The first-order chi connectivity index (χ1) is 8.09. The molecule has 0 atom stereocenters. The molecule has 1 heterocycles. The van der Waals surface area contributed by atoms with Gasteiger partial charge in [0, 0.05) is 5.56 Å². The van der Waals surface area contributed by atoms with Crippen molar-refractivity contribution < 1.29 is 4.42 Å². The van der Waals surface area contributed by atoms with Gasteiger partial charge in [-0.15, -0.1) is 0 Å². The third kappa shape index (κ3) is 2.37. The lowest BCUT2D eigenvalue weighted by Gasteiger charge is -2.24. The van der Waals surface area contributed by atoms with Gasteiger partial charge >= 0.3 is 0 Å². The second kappa shape index (κ2) is 3.95. The van der Waals surface area contributed by atoms with Crippen LogP contribution in [-0.4, -0.2) is 4.98 Å². The van der Waals surface area contributed by atoms with Gasteiger partial charge in [0.1, 0.15) is 0 Å². The summed E-state index contributed by atoms with van der Waals surface area (Å²) in [4.78, 5) is 3.58. The molecule has 1 aromatic heterocycles. The Labute approximate surface area is 113 Å². The maximum Gasteiger partial charge on any atom is 0.266 e. The molecular formula is C15H21NOS. The standard InChI is InChI=1S/C15H21NOS/c1-14(2,3)9-7-10(15(4,5)6)12-11(8-9)16-13(18)17-12/h7-8H,1-6H3,(H,16,18). The number of hydrogen-bond donors (Lipinski definition) is 1. The zero-order chi connectivity index (χ0) is 13.7. The van der Waals surface area contributed by atoms with E-state index in [-0.39, 0.29) is 10.8 Å². The van der Waals surface area contributed by atoms with Crippen molar-refractivity contribution in [1.29, 1.82) is 0 Å². The Balaban J connectivity index is 2.85. The summed E-state index contributed by atoms with van der Waals surface area (Å²) < 4.78 is 5.65. The van der Waals surface area contributed by atoms with Crippen LogP contribution >= 0.6 is 12.2 Å². The van der Waals surface area contributed by atoms with Crippen LogP contribution in [0.25, 0.3) is 11.1 Å². The fourth-order valence-electron chi connectivity index (χ4n) is 2.05. The molecule has 0 saturated carbocycles. The largest absolute Gasteiger partial charge is 0.429 e. The van der Waals surface area contributed by atoms with Gasteiger partial charge < -0.3 is 9.40 Å². The predicted octanol–water partition coefficient (Wildman–Crippen LogP) is 5.09. The second-order valence-corrected chi connectivity index (χ2v) is 7.29. The van der Waals surface area contributed by atoms with E-state index in [0.29, 0.717) is 4.84 Å². The van der Waals surface area contributed by atoms with Crippen molar-refractivity contribution in [2.45, 2.75) is 52.4 Å². The Morgan fingerprint density at radius 3 is 2.11 bits per heavy atom. The van der Waals surface area contributed by atoms with E-state index in [1.165, 1.54) is 11.1 Å². The predicted molar refractivity (Wildman–Crippen MR) is 78.8 cm³/mol. The number of fused-ring (bicyclic) bond motifs is 1. The van der Waals surface area contributed by atoms with E-state index in [1.54, 1.807) is 0 Å². The first-order valence-electron chi connectivity index (χ1n) is 6.27. The molecule has 0 amide bonds. The number of hydrogen-bond acceptors (Lipinski definition) is 2. The highest BCUT2D eigenvalue weighted by atomic mass is 32.1. The average Bonchev–Trinajstić information content (AvgIpc) is 2.52. The third-order valence-electron chi connectivity index (χ3n) is 3.19. The van der Waals surface area contributed by atoms with Crippen molar-refractivity contribution in [3.05, 3.63) is 28.1 Å². The number of oxazole rings is 1. The highest BCUT2D eigenvalue weighted by Crippen LogP contribution is 2.34. The fourth-order valence-corrected chi connectivity index (χ4v) is 2.24. The van der Waals surface area contributed by atoms with E-state index >= 15 is 0 Å². The van der Waals surface area contributed by atoms with E-state index in [4.69, 9.17) is 16.6 Å². The molecule has 18 heavy (non-hydrogen) atoms. The van der Waals surface area contributed by atoms with Crippen molar-refractivity contribution in [1.82, 2.24) is 4.98 Å². The van der Waals surface area contributed by atoms with Gasteiger partial charge in [0.2, 0.25) is 0 Å². The van der Waals surface area contributed by atoms with Gasteiger partial charge in [-0.3, -0.25) is 0 Å². The number of aromatic nitrogens is 1. The van der Waals surface area contributed by atoms with Crippen LogP contribution in [0.3, 0.4) is 0 Å². The van der Waals surface area contributed by atoms with Gasteiger partial charge in [-0.2, -0.15) is 0 Å². The Morgan fingerprint density at radius 2 is 1.61 bits per heavy atom. The zero-order valence-electron chi connectivity index (χ0n) is 12.0. The SMILES string of the molecule is CC(C)(C)c1cc(C(C)(C)C)c2oc(=S)[nH]c2c1. The topological polar surface area (TPSA) is 28.9 Å². The monoisotopic (exact) mass is 263 g/mol. The summed E-state index contributed by atoms with van der Waals surface area (Å²) in [6.07, 6.45) is 0.